The van der Waals surface area contributed by atoms with E-state index in [1.807, 2.05) is 0 Å². The van der Waals surface area contributed by atoms with Crippen molar-refractivity contribution < 1.29 is 13.9 Å². The third kappa shape index (κ3) is 3.54. The van der Waals surface area contributed by atoms with Crippen LogP contribution in [0.15, 0.2) is 53.0 Å². The molecule has 0 aliphatic rings. The Hall–Kier alpha value is -1.94. The molecule has 2 rings (SSSR count). The average molecular weight is 335 g/mol. The SMILES string of the molecule is COc1cccc(C(=O)/C=C/c2ccc(Br)cc2F)c1. The lowest BCUT2D eigenvalue weighted by Gasteiger charge is -2.01. The summed E-state index contributed by atoms with van der Waals surface area (Å²) in [7, 11) is 1.54. The van der Waals surface area contributed by atoms with Gasteiger partial charge in [0.1, 0.15) is 11.6 Å². The Morgan fingerprint density at radius 1 is 1.25 bits per heavy atom. The van der Waals surface area contributed by atoms with Gasteiger partial charge in [-0.25, -0.2) is 4.39 Å². The molecule has 0 aliphatic heterocycles. The van der Waals surface area contributed by atoms with Gasteiger partial charge >= 0.3 is 0 Å². The summed E-state index contributed by atoms with van der Waals surface area (Å²) in [5.41, 5.74) is 0.863. The predicted molar refractivity (Wildman–Crippen MR) is 80.5 cm³/mol. The number of carbonyl (C=O) groups excluding carboxylic acids is 1. The van der Waals surface area contributed by atoms with E-state index < -0.39 is 0 Å². The molecule has 2 aromatic rings. The van der Waals surface area contributed by atoms with Crippen molar-refractivity contribution in [1.29, 1.82) is 0 Å². The van der Waals surface area contributed by atoms with Crippen LogP contribution >= 0.6 is 15.9 Å². The lowest BCUT2D eigenvalue weighted by atomic mass is 10.1. The topological polar surface area (TPSA) is 26.3 Å². The third-order valence-corrected chi connectivity index (χ3v) is 3.22. The van der Waals surface area contributed by atoms with Gasteiger partial charge in [0.2, 0.25) is 0 Å². The Kier molecular flexibility index (Phi) is 4.69. The van der Waals surface area contributed by atoms with Crippen molar-refractivity contribution in [1.82, 2.24) is 0 Å². The number of carbonyl (C=O) groups is 1. The first kappa shape index (κ1) is 14.5. The normalized spacial score (nSPS) is 10.8. The number of rotatable bonds is 4. The summed E-state index contributed by atoms with van der Waals surface area (Å²) >= 11 is 3.18. The van der Waals surface area contributed by atoms with Crippen LogP contribution in [0.4, 0.5) is 4.39 Å². The van der Waals surface area contributed by atoms with Gasteiger partial charge in [0.25, 0.3) is 0 Å². The monoisotopic (exact) mass is 334 g/mol. The van der Waals surface area contributed by atoms with Gasteiger partial charge in [-0.2, -0.15) is 0 Å². The Morgan fingerprint density at radius 3 is 2.75 bits per heavy atom. The Labute approximate surface area is 125 Å². The average Bonchev–Trinajstić information content (AvgIpc) is 2.46. The molecule has 0 heterocycles. The lowest BCUT2D eigenvalue weighted by Crippen LogP contribution is -1.95. The summed E-state index contributed by atoms with van der Waals surface area (Å²) in [6.45, 7) is 0. The van der Waals surface area contributed by atoms with Gasteiger partial charge in [-0.05, 0) is 36.4 Å². The van der Waals surface area contributed by atoms with E-state index in [1.165, 1.54) is 25.3 Å². The molecular weight excluding hydrogens is 323 g/mol. The molecule has 0 atom stereocenters. The number of benzene rings is 2. The van der Waals surface area contributed by atoms with E-state index in [-0.39, 0.29) is 11.6 Å². The van der Waals surface area contributed by atoms with Crippen LogP contribution in [0, 0.1) is 5.82 Å². The number of hydrogen-bond acceptors (Lipinski definition) is 2. The minimum Gasteiger partial charge on any atom is -0.497 e. The molecule has 0 saturated heterocycles. The number of ether oxygens (including phenoxy) is 1. The molecule has 2 nitrogen and oxygen atoms in total. The first-order valence-electron chi connectivity index (χ1n) is 5.91. The highest BCUT2D eigenvalue weighted by molar-refractivity contribution is 9.10. The molecule has 2 aromatic carbocycles. The number of allylic oxidation sites excluding steroid dienone is 1. The molecule has 0 saturated carbocycles. The first-order valence-corrected chi connectivity index (χ1v) is 6.71. The van der Waals surface area contributed by atoms with Crippen LogP contribution in [0.2, 0.25) is 0 Å². The predicted octanol–water partition coefficient (Wildman–Crippen LogP) is 4.49. The maximum atomic E-state index is 13.6. The molecule has 0 amide bonds. The highest BCUT2D eigenvalue weighted by Crippen LogP contribution is 2.17. The third-order valence-electron chi connectivity index (χ3n) is 2.73. The fraction of sp³-hybridized carbons (Fsp3) is 0.0625. The summed E-state index contributed by atoms with van der Waals surface area (Å²) < 4.78 is 19.3. The van der Waals surface area contributed by atoms with Crippen LogP contribution in [-0.2, 0) is 0 Å². The van der Waals surface area contributed by atoms with Crippen molar-refractivity contribution in [2.24, 2.45) is 0 Å². The fourth-order valence-electron chi connectivity index (χ4n) is 1.67. The van der Waals surface area contributed by atoms with Crippen molar-refractivity contribution in [3.63, 3.8) is 0 Å². The molecule has 20 heavy (non-hydrogen) atoms. The van der Waals surface area contributed by atoms with Crippen LogP contribution < -0.4 is 4.74 Å². The summed E-state index contributed by atoms with van der Waals surface area (Å²) in [6, 6.07) is 11.5. The number of hydrogen-bond donors (Lipinski definition) is 0. The minimum atomic E-state index is -0.380. The molecule has 0 aromatic heterocycles. The van der Waals surface area contributed by atoms with E-state index in [9.17, 15) is 9.18 Å². The standard InChI is InChI=1S/C16H12BrFO2/c1-20-14-4-2-3-12(9-14)16(19)8-6-11-5-7-13(17)10-15(11)18/h2-10H,1H3/b8-6+. The highest BCUT2D eigenvalue weighted by atomic mass is 79.9. The molecule has 0 spiro atoms. The molecule has 102 valence electrons. The molecule has 4 heteroatoms. The van der Waals surface area contributed by atoms with E-state index in [2.05, 4.69) is 15.9 Å². The molecule has 0 fully saturated rings. The van der Waals surface area contributed by atoms with Crippen molar-refractivity contribution in [2.75, 3.05) is 7.11 Å². The summed E-state index contributed by atoms with van der Waals surface area (Å²) in [6.07, 6.45) is 2.81. The van der Waals surface area contributed by atoms with E-state index in [1.54, 1.807) is 36.4 Å². The molecular formula is C16H12BrFO2. The second-order valence-corrected chi connectivity index (χ2v) is 5.01. The van der Waals surface area contributed by atoms with Crippen LogP contribution in [0.5, 0.6) is 5.75 Å². The molecule has 0 unspecified atom stereocenters. The Balaban J connectivity index is 2.20. The molecule has 0 aliphatic carbocycles. The van der Waals surface area contributed by atoms with Crippen molar-refractivity contribution in [3.8, 4) is 5.75 Å². The zero-order valence-corrected chi connectivity index (χ0v) is 12.4. The highest BCUT2D eigenvalue weighted by Gasteiger charge is 2.04. The second-order valence-electron chi connectivity index (χ2n) is 4.10. The van der Waals surface area contributed by atoms with Crippen molar-refractivity contribution in [2.45, 2.75) is 0 Å². The van der Waals surface area contributed by atoms with Crippen LogP contribution in [0.3, 0.4) is 0 Å². The first-order chi connectivity index (χ1) is 9.60. The zero-order chi connectivity index (χ0) is 14.5. The van der Waals surface area contributed by atoms with Gasteiger partial charge in [-0.15, -0.1) is 0 Å². The fourth-order valence-corrected chi connectivity index (χ4v) is 2.01. The Bertz CT molecular complexity index is 665. The van der Waals surface area contributed by atoms with Gasteiger partial charge in [0.15, 0.2) is 5.78 Å². The van der Waals surface area contributed by atoms with E-state index in [0.717, 1.165) is 0 Å². The maximum Gasteiger partial charge on any atom is 0.185 e. The van der Waals surface area contributed by atoms with Gasteiger partial charge in [-0.1, -0.05) is 34.1 Å². The van der Waals surface area contributed by atoms with Crippen LogP contribution in [0.1, 0.15) is 15.9 Å². The Morgan fingerprint density at radius 2 is 2.05 bits per heavy atom. The molecule has 0 N–H and O–H groups in total. The van der Waals surface area contributed by atoms with E-state index in [0.29, 0.717) is 21.3 Å². The zero-order valence-electron chi connectivity index (χ0n) is 10.8. The van der Waals surface area contributed by atoms with Gasteiger partial charge in [0.05, 0.1) is 7.11 Å². The quantitative estimate of drug-likeness (QED) is 0.608. The van der Waals surface area contributed by atoms with E-state index in [4.69, 9.17) is 4.74 Å². The summed E-state index contributed by atoms with van der Waals surface area (Å²) in [5.74, 6) is 0.0272. The van der Waals surface area contributed by atoms with Crippen molar-refractivity contribution in [3.05, 3.63) is 70.0 Å². The van der Waals surface area contributed by atoms with Gasteiger partial charge in [0, 0.05) is 15.6 Å². The minimum absolute atomic E-state index is 0.203. The van der Waals surface area contributed by atoms with Gasteiger partial charge < -0.3 is 4.74 Å². The van der Waals surface area contributed by atoms with Crippen molar-refractivity contribution >= 4 is 27.8 Å². The number of methoxy groups -OCH3 is 1. The molecule has 0 radical (unpaired) electrons. The van der Waals surface area contributed by atoms with Crippen LogP contribution in [0.25, 0.3) is 6.08 Å². The lowest BCUT2D eigenvalue weighted by molar-refractivity contribution is 0.104. The summed E-state index contributed by atoms with van der Waals surface area (Å²) in [5, 5.41) is 0. The maximum absolute atomic E-state index is 13.6. The van der Waals surface area contributed by atoms with E-state index >= 15 is 0 Å². The smallest absolute Gasteiger partial charge is 0.185 e. The largest absolute Gasteiger partial charge is 0.497 e. The number of ketones is 1. The number of halogens is 2. The summed E-state index contributed by atoms with van der Waals surface area (Å²) in [4.78, 5) is 12.0. The van der Waals surface area contributed by atoms with Crippen LogP contribution in [-0.4, -0.2) is 12.9 Å². The second kappa shape index (κ2) is 6.48. The molecule has 0 bridgehead atoms. The van der Waals surface area contributed by atoms with Gasteiger partial charge in [-0.3, -0.25) is 4.79 Å².